The third-order valence-corrected chi connectivity index (χ3v) is 4.96. The minimum absolute atomic E-state index is 0.230. The molecule has 0 spiro atoms. The smallest absolute Gasteiger partial charge is 0.335 e. The van der Waals surface area contributed by atoms with Gasteiger partial charge in [0.05, 0.1) is 10.9 Å². The number of piperidine rings is 1. The van der Waals surface area contributed by atoms with Gasteiger partial charge in [-0.2, -0.15) is 9.97 Å². The summed E-state index contributed by atoms with van der Waals surface area (Å²) >= 11 is 0. The molecule has 1 aliphatic rings. The normalized spacial score (nSPS) is 15.2. The van der Waals surface area contributed by atoms with E-state index in [4.69, 9.17) is 10.1 Å². The predicted molar refractivity (Wildman–Crippen MR) is 103 cm³/mol. The Morgan fingerprint density at radius 1 is 1.19 bits per heavy atom. The van der Waals surface area contributed by atoms with Crippen molar-refractivity contribution in [3.05, 3.63) is 42.1 Å². The molecule has 8 nitrogen and oxygen atoms in total. The van der Waals surface area contributed by atoms with Gasteiger partial charge in [-0.25, -0.2) is 4.79 Å². The quantitative estimate of drug-likeness (QED) is 0.548. The molecule has 27 heavy (non-hydrogen) atoms. The van der Waals surface area contributed by atoms with Gasteiger partial charge in [0.15, 0.2) is 0 Å². The van der Waals surface area contributed by atoms with E-state index in [-0.39, 0.29) is 12.2 Å². The van der Waals surface area contributed by atoms with Crippen molar-refractivity contribution in [1.82, 2.24) is 15.0 Å². The summed E-state index contributed by atoms with van der Waals surface area (Å²) in [5.74, 6) is 0.712. The van der Waals surface area contributed by atoms with Crippen LogP contribution in [-0.4, -0.2) is 50.8 Å². The van der Waals surface area contributed by atoms with Gasteiger partial charge in [0.25, 0.3) is 0 Å². The maximum atomic E-state index is 11.0. The van der Waals surface area contributed by atoms with Gasteiger partial charge in [-0.1, -0.05) is 0 Å². The van der Waals surface area contributed by atoms with Crippen molar-refractivity contribution in [3.8, 4) is 0 Å². The molecule has 3 heterocycles. The Balaban J connectivity index is 1.61. The molecular formula is C19H21N5O3. The first-order valence-electron chi connectivity index (χ1n) is 8.95. The lowest BCUT2D eigenvalue weighted by Gasteiger charge is -2.32. The summed E-state index contributed by atoms with van der Waals surface area (Å²) in [7, 11) is 0. The standard InChI is InChI=1S/C19H21N5O3/c25-11-12-6-9-24(10-7-12)17-15-5-8-20-16(15)22-19(23-17)21-14-3-1-13(2-4-14)18(26)27/h1-5,8,12,25H,6-7,9-11H2,(H,26,27)(H2,20,21,22,23). The van der Waals surface area contributed by atoms with Crippen LogP contribution in [0.15, 0.2) is 36.5 Å². The van der Waals surface area contributed by atoms with E-state index in [9.17, 15) is 9.90 Å². The summed E-state index contributed by atoms with van der Waals surface area (Å²) < 4.78 is 0. The van der Waals surface area contributed by atoms with Gasteiger partial charge < -0.3 is 25.4 Å². The van der Waals surface area contributed by atoms with Gasteiger partial charge in [-0.15, -0.1) is 0 Å². The van der Waals surface area contributed by atoms with E-state index in [0.29, 0.717) is 11.9 Å². The van der Waals surface area contributed by atoms with Crippen LogP contribution in [-0.2, 0) is 0 Å². The molecule has 0 saturated carbocycles. The van der Waals surface area contributed by atoms with Gasteiger partial charge in [0.2, 0.25) is 5.95 Å². The Labute approximate surface area is 155 Å². The van der Waals surface area contributed by atoms with Gasteiger partial charge in [0, 0.05) is 31.6 Å². The highest BCUT2D eigenvalue weighted by atomic mass is 16.4. The first kappa shape index (κ1) is 17.3. The molecule has 2 aromatic heterocycles. The molecule has 4 rings (SSSR count). The van der Waals surface area contributed by atoms with Crippen LogP contribution in [0.5, 0.6) is 0 Å². The van der Waals surface area contributed by atoms with Crippen molar-refractivity contribution in [2.45, 2.75) is 12.8 Å². The summed E-state index contributed by atoms with van der Waals surface area (Å²) in [5.41, 5.74) is 1.69. The number of rotatable bonds is 5. The first-order valence-corrected chi connectivity index (χ1v) is 8.95. The second kappa shape index (κ2) is 7.24. The van der Waals surface area contributed by atoms with E-state index in [2.05, 4.69) is 20.2 Å². The number of H-pyrrole nitrogens is 1. The molecule has 4 N–H and O–H groups in total. The van der Waals surface area contributed by atoms with Gasteiger partial charge in [-0.3, -0.25) is 0 Å². The summed E-state index contributed by atoms with van der Waals surface area (Å²) in [6.45, 7) is 1.92. The Hall–Kier alpha value is -3.13. The maximum absolute atomic E-state index is 11.0. The number of aromatic nitrogens is 3. The third-order valence-electron chi connectivity index (χ3n) is 4.96. The van der Waals surface area contributed by atoms with Crippen molar-refractivity contribution in [2.75, 3.05) is 29.9 Å². The predicted octanol–water partition coefficient (Wildman–Crippen LogP) is 2.61. The number of aliphatic hydroxyl groups is 1. The fourth-order valence-corrected chi connectivity index (χ4v) is 3.37. The van der Waals surface area contributed by atoms with Gasteiger partial charge >= 0.3 is 5.97 Å². The number of fused-ring (bicyclic) bond motifs is 1. The maximum Gasteiger partial charge on any atom is 0.335 e. The number of nitrogens with zero attached hydrogens (tertiary/aromatic N) is 3. The third kappa shape index (κ3) is 3.56. The second-order valence-electron chi connectivity index (χ2n) is 6.73. The highest BCUT2D eigenvalue weighted by Crippen LogP contribution is 2.29. The number of carboxylic acid groups (broad SMARTS) is 1. The second-order valence-corrected chi connectivity index (χ2v) is 6.73. The number of hydrogen-bond acceptors (Lipinski definition) is 6. The Morgan fingerprint density at radius 2 is 1.93 bits per heavy atom. The minimum Gasteiger partial charge on any atom is -0.478 e. The van der Waals surface area contributed by atoms with Gasteiger partial charge in [0.1, 0.15) is 11.5 Å². The lowest BCUT2D eigenvalue weighted by molar-refractivity contribution is 0.0697. The number of aromatic amines is 1. The van der Waals surface area contributed by atoms with Crippen LogP contribution in [0, 0.1) is 5.92 Å². The number of aliphatic hydroxyl groups excluding tert-OH is 1. The lowest BCUT2D eigenvalue weighted by Crippen LogP contribution is -2.35. The van der Waals surface area contributed by atoms with E-state index in [1.54, 1.807) is 24.3 Å². The van der Waals surface area contributed by atoms with Crippen molar-refractivity contribution in [2.24, 2.45) is 5.92 Å². The molecule has 0 amide bonds. The molecule has 0 aliphatic carbocycles. The number of aromatic carboxylic acids is 1. The van der Waals surface area contributed by atoms with Crippen LogP contribution in [0.1, 0.15) is 23.2 Å². The molecule has 140 valence electrons. The minimum atomic E-state index is -0.959. The number of anilines is 3. The molecule has 1 aliphatic heterocycles. The molecule has 0 atom stereocenters. The van der Waals surface area contributed by atoms with Crippen LogP contribution < -0.4 is 10.2 Å². The number of benzene rings is 1. The zero-order valence-electron chi connectivity index (χ0n) is 14.7. The highest BCUT2D eigenvalue weighted by molar-refractivity contribution is 5.89. The van der Waals surface area contributed by atoms with Crippen molar-refractivity contribution < 1.29 is 15.0 Å². The number of nitrogens with one attached hydrogen (secondary N) is 2. The fourth-order valence-electron chi connectivity index (χ4n) is 3.37. The summed E-state index contributed by atoms with van der Waals surface area (Å²) in [6.07, 6.45) is 3.71. The van der Waals surface area contributed by atoms with Gasteiger partial charge in [-0.05, 0) is 49.1 Å². The molecule has 3 aromatic rings. The van der Waals surface area contributed by atoms with Crippen molar-refractivity contribution >= 4 is 34.5 Å². The average molecular weight is 367 g/mol. The molecule has 1 aromatic carbocycles. The first-order chi connectivity index (χ1) is 13.1. The molecular weight excluding hydrogens is 346 g/mol. The molecule has 0 radical (unpaired) electrons. The molecule has 1 fully saturated rings. The Kier molecular flexibility index (Phi) is 4.64. The monoisotopic (exact) mass is 367 g/mol. The zero-order chi connectivity index (χ0) is 18.8. The summed E-state index contributed by atoms with van der Waals surface area (Å²) in [4.78, 5) is 25.6. The average Bonchev–Trinajstić information content (AvgIpc) is 3.16. The Morgan fingerprint density at radius 3 is 2.59 bits per heavy atom. The summed E-state index contributed by atoms with van der Waals surface area (Å²) in [5, 5.41) is 22.5. The molecule has 8 heteroatoms. The lowest BCUT2D eigenvalue weighted by atomic mass is 9.98. The van der Waals surface area contributed by atoms with Crippen molar-refractivity contribution in [3.63, 3.8) is 0 Å². The highest BCUT2D eigenvalue weighted by Gasteiger charge is 2.22. The Bertz CT molecular complexity index is 946. The molecule has 0 bridgehead atoms. The number of hydrogen-bond donors (Lipinski definition) is 4. The largest absolute Gasteiger partial charge is 0.478 e. The van der Waals surface area contributed by atoms with Crippen molar-refractivity contribution in [1.29, 1.82) is 0 Å². The van der Waals surface area contributed by atoms with E-state index in [0.717, 1.165) is 48.5 Å². The molecule has 1 saturated heterocycles. The van der Waals surface area contributed by atoms with E-state index < -0.39 is 5.97 Å². The zero-order valence-corrected chi connectivity index (χ0v) is 14.7. The van der Waals surface area contributed by atoms with Crippen LogP contribution >= 0.6 is 0 Å². The number of carbonyl (C=O) groups is 1. The molecule has 0 unspecified atom stereocenters. The number of carboxylic acids is 1. The van der Waals surface area contributed by atoms with E-state index in [1.165, 1.54) is 0 Å². The van der Waals surface area contributed by atoms with Crippen LogP contribution in [0.4, 0.5) is 17.5 Å². The van der Waals surface area contributed by atoms with Crippen LogP contribution in [0.3, 0.4) is 0 Å². The van der Waals surface area contributed by atoms with E-state index >= 15 is 0 Å². The SMILES string of the molecule is O=C(O)c1ccc(Nc2nc(N3CCC(CO)CC3)c3cc[nH]c3n2)cc1. The summed E-state index contributed by atoms with van der Waals surface area (Å²) in [6, 6.07) is 8.43. The van der Waals surface area contributed by atoms with Crippen LogP contribution in [0.25, 0.3) is 11.0 Å². The topological polar surface area (TPSA) is 114 Å². The fraction of sp³-hybridized carbons (Fsp3) is 0.316. The van der Waals surface area contributed by atoms with E-state index in [1.807, 2.05) is 12.3 Å². The van der Waals surface area contributed by atoms with Crippen LogP contribution in [0.2, 0.25) is 0 Å².